The van der Waals surface area contributed by atoms with Crippen molar-refractivity contribution in [3.8, 4) is 5.75 Å². The molecular formula is C15H18N4O4. The molecular weight excluding hydrogens is 300 g/mol. The minimum Gasteiger partial charge on any atom is -0.410 e. The van der Waals surface area contributed by atoms with Crippen LogP contribution in [0.1, 0.15) is 26.3 Å². The van der Waals surface area contributed by atoms with Gasteiger partial charge in [0, 0.05) is 11.1 Å². The van der Waals surface area contributed by atoms with E-state index in [-0.39, 0.29) is 12.2 Å². The summed E-state index contributed by atoms with van der Waals surface area (Å²) >= 11 is 0. The Morgan fingerprint density at radius 1 is 1.39 bits per heavy atom. The Hall–Kier alpha value is -2.90. The summed E-state index contributed by atoms with van der Waals surface area (Å²) < 4.78 is 6.74. The van der Waals surface area contributed by atoms with Gasteiger partial charge >= 0.3 is 11.8 Å². The third kappa shape index (κ3) is 4.80. The molecule has 1 amide bonds. The third-order valence-electron chi connectivity index (χ3n) is 2.82. The van der Waals surface area contributed by atoms with Gasteiger partial charge in [-0.05, 0) is 26.8 Å². The molecule has 0 radical (unpaired) electrons. The number of hydrogen-bond acceptors (Lipinski definition) is 5. The Labute approximate surface area is 133 Å². The van der Waals surface area contributed by atoms with Gasteiger partial charge in [0.1, 0.15) is 18.1 Å². The predicted octanol–water partition coefficient (Wildman–Crippen LogP) is 2.73. The van der Waals surface area contributed by atoms with Crippen LogP contribution in [0.5, 0.6) is 5.75 Å². The average Bonchev–Trinajstić information content (AvgIpc) is 2.87. The fourth-order valence-corrected chi connectivity index (χ4v) is 1.87. The van der Waals surface area contributed by atoms with Crippen molar-refractivity contribution in [2.75, 3.05) is 0 Å². The Morgan fingerprint density at radius 3 is 2.70 bits per heavy atom. The Bertz CT molecular complexity index is 718. The van der Waals surface area contributed by atoms with Crippen LogP contribution >= 0.6 is 0 Å². The average molecular weight is 318 g/mol. The standard InChI is InChI=1S/C15H18N4O4/c1-15(2,3)17-14(20)23-13-7-5-4-6-11(13)9-18-10-12(8-16-18)19(21)22/h4-8,10H,9H2,1-3H3,(H,17,20). The van der Waals surface area contributed by atoms with Crippen molar-refractivity contribution >= 4 is 11.8 Å². The number of aromatic nitrogens is 2. The number of amides is 1. The fraction of sp³-hybridized carbons (Fsp3) is 0.333. The number of carbonyl (C=O) groups is 1. The minimum atomic E-state index is -0.559. The van der Waals surface area contributed by atoms with Crippen molar-refractivity contribution in [2.45, 2.75) is 32.9 Å². The maximum absolute atomic E-state index is 11.9. The van der Waals surface area contributed by atoms with Gasteiger partial charge in [0.25, 0.3) is 0 Å². The van der Waals surface area contributed by atoms with Crippen molar-refractivity contribution in [1.82, 2.24) is 15.1 Å². The van der Waals surface area contributed by atoms with Gasteiger partial charge in [0.15, 0.2) is 0 Å². The maximum Gasteiger partial charge on any atom is 0.413 e. The van der Waals surface area contributed by atoms with Crippen LogP contribution in [0.4, 0.5) is 10.5 Å². The summed E-state index contributed by atoms with van der Waals surface area (Å²) in [6.45, 7) is 5.81. The monoisotopic (exact) mass is 318 g/mol. The first-order valence-corrected chi connectivity index (χ1v) is 6.99. The lowest BCUT2D eigenvalue weighted by molar-refractivity contribution is -0.385. The van der Waals surface area contributed by atoms with E-state index in [0.29, 0.717) is 11.3 Å². The van der Waals surface area contributed by atoms with Gasteiger partial charge in [-0.1, -0.05) is 18.2 Å². The molecule has 0 bridgehead atoms. The molecule has 1 N–H and O–H groups in total. The lowest BCUT2D eigenvalue weighted by Gasteiger charge is -2.20. The molecule has 2 rings (SSSR count). The zero-order valence-electron chi connectivity index (χ0n) is 13.1. The van der Waals surface area contributed by atoms with Gasteiger partial charge < -0.3 is 10.1 Å². The number of ether oxygens (including phenoxy) is 1. The summed E-state index contributed by atoms with van der Waals surface area (Å²) in [6.07, 6.45) is 1.94. The Balaban J connectivity index is 2.13. The van der Waals surface area contributed by atoms with Crippen LogP contribution in [0.3, 0.4) is 0 Å². The van der Waals surface area contributed by atoms with Gasteiger partial charge in [0.2, 0.25) is 0 Å². The van der Waals surface area contributed by atoms with Gasteiger partial charge in [-0.15, -0.1) is 0 Å². The first-order valence-electron chi connectivity index (χ1n) is 6.99. The topological polar surface area (TPSA) is 99.3 Å². The lowest BCUT2D eigenvalue weighted by atomic mass is 10.1. The largest absolute Gasteiger partial charge is 0.413 e. The highest BCUT2D eigenvalue weighted by molar-refractivity contribution is 5.71. The molecule has 0 atom stereocenters. The summed E-state index contributed by atoms with van der Waals surface area (Å²) in [5, 5.41) is 17.3. The van der Waals surface area contributed by atoms with E-state index in [9.17, 15) is 14.9 Å². The van der Waals surface area contributed by atoms with Gasteiger partial charge in [-0.25, -0.2) is 4.79 Å². The summed E-state index contributed by atoms with van der Waals surface area (Å²) in [5.74, 6) is 0.382. The number of hydrogen-bond donors (Lipinski definition) is 1. The van der Waals surface area contributed by atoms with E-state index in [1.165, 1.54) is 17.1 Å². The van der Waals surface area contributed by atoms with E-state index < -0.39 is 16.6 Å². The predicted molar refractivity (Wildman–Crippen MR) is 83.3 cm³/mol. The number of para-hydroxylation sites is 1. The highest BCUT2D eigenvalue weighted by atomic mass is 16.6. The van der Waals surface area contributed by atoms with Gasteiger partial charge in [-0.2, -0.15) is 5.10 Å². The first kappa shape index (κ1) is 16.5. The molecule has 8 heteroatoms. The van der Waals surface area contributed by atoms with E-state index in [1.807, 2.05) is 20.8 Å². The number of nitrogens with one attached hydrogen (secondary N) is 1. The molecule has 0 saturated carbocycles. The second-order valence-corrected chi connectivity index (χ2v) is 6.03. The zero-order chi connectivity index (χ0) is 17.0. The molecule has 1 heterocycles. The summed E-state index contributed by atoms with van der Waals surface area (Å²) in [7, 11) is 0. The maximum atomic E-state index is 11.9. The Morgan fingerprint density at radius 2 is 2.09 bits per heavy atom. The van der Waals surface area contributed by atoms with Crippen molar-refractivity contribution in [3.05, 3.63) is 52.3 Å². The Kier molecular flexibility index (Phi) is 4.63. The quantitative estimate of drug-likeness (QED) is 0.690. The van der Waals surface area contributed by atoms with Crippen LogP contribution in [-0.2, 0) is 6.54 Å². The molecule has 1 aromatic heterocycles. The number of benzene rings is 1. The lowest BCUT2D eigenvalue weighted by Crippen LogP contribution is -2.42. The molecule has 0 aliphatic rings. The smallest absolute Gasteiger partial charge is 0.410 e. The normalized spacial score (nSPS) is 11.1. The number of nitro groups is 1. The highest BCUT2D eigenvalue weighted by Crippen LogP contribution is 2.20. The highest BCUT2D eigenvalue weighted by Gasteiger charge is 2.17. The molecule has 2 aromatic rings. The zero-order valence-corrected chi connectivity index (χ0v) is 13.1. The van der Waals surface area contributed by atoms with E-state index in [4.69, 9.17) is 4.74 Å². The van der Waals surface area contributed by atoms with Crippen LogP contribution in [-0.4, -0.2) is 26.3 Å². The molecule has 0 aliphatic heterocycles. The molecule has 23 heavy (non-hydrogen) atoms. The van der Waals surface area contributed by atoms with Crippen molar-refractivity contribution in [1.29, 1.82) is 0 Å². The molecule has 8 nitrogen and oxygen atoms in total. The van der Waals surface area contributed by atoms with Crippen LogP contribution in [0, 0.1) is 10.1 Å². The molecule has 122 valence electrons. The molecule has 1 aromatic carbocycles. The second kappa shape index (κ2) is 6.47. The summed E-state index contributed by atoms with van der Waals surface area (Å²) in [5.41, 5.74) is 0.192. The summed E-state index contributed by atoms with van der Waals surface area (Å²) in [4.78, 5) is 22.1. The van der Waals surface area contributed by atoms with Crippen LogP contribution < -0.4 is 10.1 Å². The van der Waals surface area contributed by atoms with E-state index in [1.54, 1.807) is 24.3 Å². The number of nitrogens with zero attached hydrogens (tertiary/aromatic N) is 3. The van der Waals surface area contributed by atoms with Crippen LogP contribution in [0.25, 0.3) is 0 Å². The molecule has 0 spiro atoms. The van der Waals surface area contributed by atoms with Crippen molar-refractivity contribution in [2.24, 2.45) is 0 Å². The number of carbonyl (C=O) groups excluding carboxylic acids is 1. The molecule has 0 fully saturated rings. The first-order chi connectivity index (χ1) is 10.7. The van der Waals surface area contributed by atoms with E-state index >= 15 is 0 Å². The summed E-state index contributed by atoms with van der Waals surface area (Å²) in [6, 6.07) is 6.97. The van der Waals surface area contributed by atoms with E-state index in [0.717, 1.165) is 0 Å². The van der Waals surface area contributed by atoms with Crippen LogP contribution in [0.15, 0.2) is 36.7 Å². The van der Waals surface area contributed by atoms with Crippen molar-refractivity contribution < 1.29 is 14.5 Å². The number of rotatable bonds is 4. The minimum absolute atomic E-state index is 0.0890. The van der Waals surface area contributed by atoms with Crippen molar-refractivity contribution in [3.63, 3.8) is 0 Å². The molecule has 0 saturated heterocycles. The fourth-order valence-electron chi connectivity index (χ4n) is 1.87. The SMILES string of the molecule is CC(C)(C)NC(=O)Oc1ccccc1Cn1cc([N+](=O)[O-])cn1. The van der Waals surface area contributed by atoms with Gasteiger partial charge in [0.05, 0.1) is 11.5 Å². The third-order valence-corrected chi connectivity index (χ3v) is 2.82. The van der Waals surface area contributed by atoms with Crippen LogP contribution in [0.2, 0.25) is 0 Å². The second-order valence-electron chi connectivity index (χ2n) is 6.03. The van der Waals surface area contributed by atoms with E-state index in [2.05, 4.69) is 10.4 Å². The molecule has 0 unspecified atom stereocenters. The molecule has 0 aliphatic carbocycles. The van der Waals surface area contributed by atoms with Gasteiger partial charge in [-0.3, -0.25) is 14.8 Å².